The Morgan fingerprint density at radius 3 is 2.50 bits per heavy atom. The van der Waals surface area contributed by atoms with Gasteiger partial charge in [-0.15, -0.1) is 0 Å². The zero-order valence-corrected chi connectivity index (χ0v) is 22.4. The average molecular weight is 548 g/mol. The van der Waals surface area contributed by atoms with Crippen LogP contribution in [0.3, 0.4) is 0 Å². The Bertz CT molecular complexity index is 1490. The van der Waals surface area contributed by atoms with E-state index < -0.39 is 11.8 Å². The molecule has 10 heteroatoms. The number of nitrogens with zero attached hydrogens (tertiary/aromatic N) is 1. The molecule has 0 unspecified atom stereocenters. The lowest BCUT2D eigenvalue weighted by atomic mass is 10.0. The van der Waals surface area contributed by atoms with Gasteiger partial charge in [0.2, 0.25) is 11.9 Å². The van der Waals surface area contributed by atoms with Crippen LogP contribution >= 0.6 is 0 Å². The number of rotatable bonds is 11. The van der Waals surface area contributed by atoms with E-state index in [0.29, 0.717) is 58.0 Å². The van der Waals surface area contributed by atoms with Crippen LogP contribution in [0.15, 0.2) is 42.6 Å². The van der Waals surface area contributed by atoms with Gasteiger partial charge in [-0.1, -0.05) is 12.8 Å². The first-order valence-electron chi connectivity index (χ1n) is 13.1. The van der Waals surface area contributed by atoms with Gasteiger partial charge in [-0.25, -0.2) is 9.37 Å². The number of fused-ring (bicyclic) bond motifs is 1. The SMILES string of the molecule is Cc1[nH]c(/C=C2\C(=O)Nc3ccc(F)cc32)c(C)c1C(=O)NCCCCCCNC(=O)/C=C/c1ccnc(F)c1. The van der Waals surface area contributed by atoms with Gasteiger partial charge in [-0.2, -0.15) is 4.39 Å². The molecule has 40 heavy (non-hydrogen) atoms. The Kier molecular flexibility index (Phi) is 9.21. The second kappa shape index (κ2) is 13.0. The predicted molar refractivity (Wildman–Crippen MR) is 150 cm³/mol. The number of hydrogen-bond acceptors (Lipinski definition) is 4. The molecular formula is C30H31F2N5O3. The van der Waals surface area contributed by atoms with Crippen molar-refractivity contribution in [2.24, 2.45) is 0 Å². The van der Waals surface area contributed by atoms with E-state index in [1.54, 1.807) is 19.1 Å². The monoisotopic (exact) mass is 547 g/mol. The fraction of sp³-hybridized carbons (Fsp3) is 0.267. The third-order valence-corrected chi connectivity index (χ3v) is 6.62. The van der Waals surface area contributed by atoms with E-state index in [4.69, 9.17) is 0 Å². The highest BCUT2D eigenvalue weighted by molar-refractivity contribution is 6.34. The quantitative estimate of drug-likeness (QED) is 0.155. The fourth-order valence-corrected chi connectivity index (χ4v) is 4.56. The Balaban J connectivity index is 1.19. The van der Waals surface area contributed by atoms with Crippen molar-refractivity contribution in [3.05, 3.63) is 88.0 Å². The second-order valence-electron chi connectivity index (χ2n) is 9.57. The van der Waals surface area contributed by atoms with Crippen LogP contribution in [0.4, 0.5) is 14.5 Å². The number of halogens is 2. The van der Waals surface area contributed by atoms with E-state index in [2.05, 4.69) is 25.9 Å². The highest BCUT2D eigenvalue weighted by atomic mass is 19.1. The van der Waals surface area contributed by atoms with Gasteiger partial charge < -0.3 is 20.9 Å². The number of aryl methyl sites for hydroxylation is 1. The van der Waals surface area contributed by atoms with Crippen LogP contribution in [0.1, 0.15) is 64.1 Å². The number of pyridine rings is 1. The molecule has 3 amide bonds. The summed E-state index contributed by atoms with van der Waals surface area (Å²) in [7, 11) is 0. The van der Waals surface area contributed by atoms with Gasteiger partial charge in [0, 0.05) is 54.1 Å². The van der Waals surface area contributed by atoms with Gasteiger partial charge in [0.15, 0.2) is 0 Å². The van der Waals surface area contributed by atoms with Crippen molar-refractivity contribution in [2.75, 3.05) is 18.4 Å². The molecule has 8 nitrogen and oxygen atoms in total. The van der Waals surface area contributed by atoms with Crippen molar-refractivity contribution in [3.8, 4) is 0 Å². The summed E-state index contributed by atoms with van der Waals surface area (Å²) in [5.41, 5.74) is 4.46. The number of aromatic nitrogens is 2. The molecule has 208 valence electrons. The van der Waals surface area contributed by atoms with Gasteiger partial charge >= 0.3 is 0 Å². The maximum atomic E-state index is 13.8. The minimum atomic E-state index is -0.598. The van der Waals surface area contributed by atoms with E-state index in [0.717, 1.165) is 25.7 Å². The van der Waals surface area contributed by atoms with Crippen LogP contribution in [-0.4, -0.2) is 40.8 Å². The van der Waals surface area contributed by atoms with Crippen molar-refractivity contribution < 1.29 is 23.2 Å². The molecule has 0 bridgehead atoms. The number of unbranched alkanes of at least 4 members (excludes halogenated alkanes) is 3. The van der Waals surface area contributed by atoms with Crippen LogP contribution in [0, 0.1) is 25.6 Å². The largest absolute Gasteiger partial charge is 0.358 e. The van der Waals surface area contributed by atoms with Gasteiger partial charge in [-0.05, 0) is 74.2 Å². The molecule has 0 saturated heterocycles. The summed E-state index contributed by atoms with van der Waals surface area (Å²) in [5.74, 6) is -1.80. The van der Waals surface area contributed by atoms with E-state index >= 15 is 0 Å². The molecule has 2 aromatic heterocycles. The molecule has 1 aromatic carbocycles. The van der Waals surface area contributed by atoms with Gasteiger partial charge in [0.25, 0.3) is 11.8 Å². The summed E-state index contributed by atoms with van der Waals surface area (Å²) in [6.45, 7) is 4.63. The number of H-pyrrole nitrogens is 1. The van der Waals surface area contributed by atoms with Crippen molar-refractivity contribution in [3.63, 3.8) is 0 Å². The molecule has 0 fully saturated rings. The minimum Gasteiger partial charge on any atom is -0.358 e. The third-order valence-electron chi connectivity index (χ3n) is 6.62. The second-order valence-corrected chi connectivity index (χ2v) is 9.57. The van der Waals surface area contributed by atoms with Crippen LogP contribution in [0.2, 0.25) is 0 Å². The minimum absolute atomic E-state index is 0.202. The van der Waals surface area contributed by atoms with Crippen molar-refractivity contribution in [1.82, 2.24) is 20.6 Å². The summed E-state index contributed by atoms with van der Waals surface area (Å²) >= 11 is 0. The number of carbonyl (C=O) groups is 3. The molecule has 3 heterocycles. The number of benzene rings is 1. The van der Waals surface area contributed by atoms with E-state index in [1.807, 2.05) is 6.92 Å². The lowest BCUT2D eigenvalue weighted by Crippen LogP contribution is -2.25. The number of amides is 3. The molecule has 0 radical (unpaired) electrons. The highest BCUT2D eigenvalue weighted by Crippen LogP contribution is 2.34. The number of aromatic amines is 1. The van der Waals surface area contributed by atoms with Crippen LogP contribution < -0.4 is 16.0 Å². The Labute approximate surface area is 231 Å². The molecule has 0 saturated carbocycles. The summed E-state index contributed by atoms with van der Waals surface area (Å²) in [6, 6.07) is 6.99. The number of carbonyl (C=O) groups excluding carboxylic acids is 3. The Morgan fingerprint density at radius 2 is 1.75 bits per heavy atom. The normalized spacial score (nSPS) is 13.5. The van der Waals surface area contributed by atoms with Crippen molar-refractivity contribution >= 4 is 41.1 Å². The Morgan fingerprint density at radius 1 is 1.00 bits per heavy atom. The number of nitrogens with one attached hydrogen (secondary N) is 4. The summed E-state index contributed by atoms with van der Waals surface area (Å²) in [5, 5.41) is 8.47. The maximum absolute atomic E-state index is 13.8. The number of hydrogen-bond donors (Lipinski definition) is 4. The molecule has 1 aliphatic rings. The third kappa shape index (κ3) is 7.07. The molecule has 4 rings (SSSR count). The van der Waals surface area contributed by atoms with Gasteiger partial charge in [0.05, 0.1) is 11.1 Å². The van der Waals surface area contributed by atoms with Crippen LogP contribution in [-0.2, 0) is 9.59 Å². The van der Waals surface area contributed by atoms with E-state index in [9.17, 15) is 23.2 Å². The molecular weight excluding hydrogens is 516 g/mol. The first kappa shape index (κ1) is 28.4. The first-order valence-corrected chi connectivity index (χ1v) is 13.1. The Hall–Kier alpha value is -4.60. The van der Waals surface area contributed by atoms with Gasteiger partial charge in [-0.3, -0.25) is 14.4 Å². The van der Waals surface area contributed by atoms with Crippen molar-refractivity contribution in [1.29, 1.82) is 0 Å². The molecule has 0 atom stereocenters. The lowest BCUT2D eigenvalue weighted by Gasteiger charge is -2.07. The standard InChI is InChI=1S/C30H31F2N5O3/c1-18-25(17-23-22-16-21(31)8-9-24(22)37-29(23)39)36-19(2)28(18)30(40)35-13-6-4-3-5-12-34-27(38)10-7-20-11-14-33-26(32)15-20/h7-11,14-17,36H,3-6,12-13H2,1-2H3,(H,34,38)(H,35,40)(H,37,39)/b10-7+,23-17-. The summed E-state index contributed by atoms with van der Waals surface area (Å²) < 4.78 is 26.8. The van der Waals surface area contributed by atoms with Crippen LogP contribution in [0.25, 0.3) is 17.7 Å². The van der Waals surface area contributed by atoms with Gasteiger partial charge in [0.1, 0.15) is 5.82 Å². The summed E-state index contributed by atoms with van der Waals surface area (Å²) in [4.78, 5) is 43.9. The lowest BCUT2D eigenvalue weighted by molar-refractivity contribution is -0.116. The van der Waals surface area contributed by atoms with Crippen molar-refractivity contribution in [2.45, 2.75) is 39.5 Å². The molecule has 3 aromatic rings. The number of anilines is 1. The maximum Gasteiger partial charge on any atom is 0.256 e. The molecule has 4 N–H and O–H groups in total. The fourth-order valence-electron chi connectivity index (χ4n) is 4.56. The topological polar surface area (TPSA) is 116 Å². The zero-order chi connectivity index (χ0) is 28.6. The highest BCUT2D eigenvalue weighted by Gasteiger charge is 2.26. The average Bonchev–Trinajstić information content (AvgIpc) is 3.38. The predicted octanol–water partition coefficient (Wildman–Crippen LogP) is 4.92. The molecule has 0 aliphatic carbocycles. The molecule has 0 spiro atoms. The summed E-state index contributed by atoms with van der Waals surface area (Å²) in [6.07, 6.45) is 9.23. The smallest absolute Gasteiger partial charge is 0.256 e. The molecule has 1 aliphatic heterocycles. The zero-order valence-electron chi connectivity index (χ0n) is 22.4. The van der Waals surface area contributed by atoms with E-state index in [-0.39, 0.29) is 17.7 Å². The van der Waals surface area contributed by atoms with Crippen LogP contribution in [0.5, 0.6) is 0 Å². The first-order chi connectivity index (χ1) is 19.2. The van der Waals surface area contributed by atoms with E-state index in [1.165, 1.54) is 42.6 Å².